The topological polar surface area (TPSA) is 48.0 Å². The van der Waals surface area contributed by atoms with E-state index in [-0.39, 0.29) is 0 Å². The molecule has 0 radical (unpaired) electrons. The summed E-state index contributed by atoms with van der Waals surface area (Å²) in [5, 5.41) is 0. The number of carbonyl (C=O) groups excluding carboxylic acids is 1. The highest BCUT2D eigenvalue weighted by Gasteiger charge is 2.12. The average Bonchev–Trinajstić information content (AvgIpc) is 2.75. The minimum absolute atomic E-state index is 0.398. The molecule has 0 fully saturated rings. The fraction of sp³-hybridized carbons (Fsp3) is 0.435. The normalized spacial score (nSPS) is 11.9. The second kappa shape index (κ2) is 11.3. The summed E-state index contributed by atoms with van der Waals surface area (Å²) in [6, 6.07) is 14.0. The molecule has 0 N–H and O–H groups in total. The summed E-state index contributed by atoms with van der Waals surface area (Å²) in [5.74, 6) is 2.05. The van der Waals surface area contributed by atoms with Crippen LogP contribution in [-0.2, 0) is 0 Å². The molecule has 0 aliphatic heterocycles. The largest absolute Gasteiger partial charge is 0.497 e. The summed E-state index contributed by atoms with van der Waals surface area (Å²) in [7, 11) is 1.59. The van der Waals surface area contributed by atoms with Crippen LogP contribution < -0.4 is 14.2 Å². The highest BCUT2D eigenvalue weighted by molar-refractivity contribution is 5.91. The van der Waals surface area contributed by atoms with Crippen molar-refractivity contribution in [2.45, 2.75) is 27.2 Å². The van der Waals surface area contributed by atoms with E-state index in [2.05, 4.69) is 25.7 Å². The van der Waals surface area contributed by atoms with Gasteiger partial charge in [-0.05, 0) is 68.0 Å². The lowest BCUT2D eigenvalue weighted by molar-refractivity contribution is 0.0734. The van der Waals surface area contributed by atoms with Crippen LogP contribution in [0.5, 0.6) is 17.2 Å². The van der Waals surface area contributed by atoms with Gasteiger partial charge >= 0.3 is 5.97 Å². The maximum absolute atomic E-state index is 12.3. The molecule has 0 spiro atoms. The first-order chi connectivity index (χ1) is 13.6. The van der Waals surface area contributed by atoms with Crippen LogP contribution >= 0.6 is 0 Å². The first-order valence-corrected chi connectivity index (χ1v) is 9.91. The molecular formula is C23H31NO4. The number of hydrogen-bond donors (Lipinski definition) is 0. The second-order valence-corrected chi connectivity index (χ2v) is 6.66. The molecule has 0 heterocycles. The average molecular weight is 386 g/mol. The van der Waals surface area contributed by atoms with Crippen molar-refractivity contribution in [2.75, 3.05) is 33.4 Å². The van der Waals surface area contributed by atoms with Gasteiger partial charge in [-0.2, -0.15) is 0 Å². The summed E-state index contributed by atoms with van der Waals surface area (Å²) in [6.45, 7) is 10.4. The van der Waals surface area contributed by atoms with E-state index < -0.39 is 5.97 Å². The molecule has 1 atom stereocenters. The Morgan fingerprint density at radius 3 is 2.00 bits per heavy atom. The minimum Gasteiger partial charge on any atom is -0.497 e. The van der Waals surface area contributed by atoms with Crippen LogP contribution in [0.4, 0.5) is 0 Å². The minimum atomic E-state index is -0.398. The van der Waals surface area contributed by atoms with E-state index >= 15 is 0 Å². The van der Waals surface area contributed by atoms with E-state index in [0.29, 0.717) is 29.6 Å². The van der Waals surface area contributed by atoms with Crippen LogP contribution in [0.2, 0.25) is 0 Å². The van der Waals surface area contributed by atoms with E-state index in [9.17, 15) is 4.79 Å². The number of esters is 1. The molecule has 0 saturated heterocycles. The SMILES string of the molecule is CCC(COc1ccc(C(=O)Oc2ccc(OC)cc2)cc1)CN(CC)CC. The van der Waals surface area contributed by atoms with Gasteiger partial charge < -0.3 is 19.1 Å². The van der Waals surface area contributed by atoms with Crippen molar-refractivity contribution in [2.24, 2.45) is 5.92 Å². The van der Waals surface area contributed by atoms with Gasteiger partial charge in [-0.15, -0.1) is 0 Å². The maximum atomic E-state index is 12.3. The van der Waals surface area contributed by atoms with Crippen molar-refractivity contribution in [3.8, 4) is 17.2 Å². The summed E-state index contributed by atoms with van der Waals surface area (Å²) >= 11 is 0. The predicted octanol–water partition coefficient (Wildman–Crippen LogP) is 4.66. The predicted molar refractivity (Wildman–Crippen MR) is 111 cm³/mol. The van der Waals surface area contributed by atoms with E-state index in [4.69, 9.17) is 14.2 Å². The Morgan fingerprint density at radius 2 is 1.46 bits per heavy atom. The van der Waals surface area contributed by atoms with Gasteiger partial charge in [0.2, 0.25) is 0 Å². The van der Waals surface area contributed by atoms with Crippen molar-refractivity contribution < 1.29 is 19.0 Å². The fourth-order valence-corrected chi connectivity index (χ4v) is 2.86. The molecule has 2 aromatic carbocycles. The van der Waals surface area contributed by atoms with E-state index in [1.54, 1.807) is 43.5 Å². The van der Waals surface area contributed by atoms with E-state index in [1.807, 2.05) is 12.1 Å². The summed E-state index contributed by atoms with van der Waals surface area (Å²) in [6.07, 6.45) is 1.07. The van der Waals surface area contributed by atoms with E-state index in [1.165, 1.54) is 0 Å². The lowest BCUT2D eigenvalue weighted by Crippen LogP contribution is -2.31. The van der Waals surface area contributed by atoms with Crippen molar-refractivity contribution in [3.63, 3.8) is 0 Å². The summed E-state index contributed by atoms with van der Waals surface area (Å²) in [5.41, 5.74) is 0.485. The van der Waals surface area contributed by atoms with Gasteiger partial charge in [0.25, 0.3) is 0 Å². The third-order valence-electron chi connectivity index (χ3n) is 4.83. The number of ether oxygens (including phenoxy) is 3. The highest BCUT2D eigenvalue weighted by Crippen LogP contribution is 2.20. The van der Waals surface area contributed by atoms with E-state index in [0.717, 1.165) is 31.8 Å². The molecule has 0 aliphatic rings. The van der Waals surface area contributed by atoms with Crippen molar-refractivity contribution in [3.05, 3.63) is 54.1 Å². The number of nitrogens with zero attached hydrogens (tertiary/aromatic N) is 1. The Bertz CT molecular complexity index is 708. The first-order valence-electron chi connectivity index (χ1n) is 9.91. The van der Waals surface area contributed by atoms with Gasteiger partial charge in [-0.3, -0.25) is 0 Å². The summed E-state index contributed by atoms with van der Waals surface area (Å²) < 4.78 is 16.4. The maximum Gasteiger partial charge on any atom is 0.343 e. The van der Waals surface area contributed by atoms with Gasteiger partial charge in [0.1, 0.15) is 17.2 Å². The third-order valence-corrected chi connectivity index (χ3v) is 4.83. The molecule has 1 unspecified atom stereocenters. The Hall–Kier alpha value is -2.53. The zero-order chi connectivity index (χ0) is 20.4. The molecule has 2 aromatic rings. The Morgan fingerprint density at radius 1 is 0.893 bits per heavy atom. The molecule has 0 amide bonds. The van der Waals surface area contributed by atoms with Gasteiger partial charge in [-0.25, -0.2) is 4.79 Å². The van der Waals surface area contributed by atoms with Crippen molar-refractivity contribution in [1.82, 2.24) is 4.90 Å². The van der Waals surface area contributed by atoms with Crippen LogP contribution in [0.25, 0.3) is 0 Å². The molecule has 152 valence electrons. The Labute approximate surface area is 168 Å². The molecule has 2 rings (SSSR count). The summed E-state index contributed by atoms with van der Waals surface area (Å²) in [4.78, 5) is 14.7. The van der Waals surface area contributed by atoms with Crippen molar-refractivity contribution >= 4 is 5.97 Å². The lowest BCUT2D eigenvalue weighted by Gasteiger charge is -2.24. The fourth-order valence-electron chi connectivity index (χ4n) is 2.86. The molecule has 5 nitrogen and oxygen atoms in total. The molecule has 0 aromatic heterocycles. The van der Waals surface area contributed by atoms with Gasteiger partial charge in [0, 0.05) is 12.5 Å². The number of carbonyl (C=O) groups is 1. The molecule has 0 bridgehead atoms. The zero-order valence-corrected chi connectivity index (χ0v) is 17.3. The molecule has 0 saturated carbocycles. The number of rotatable bonds is 11. The standard InChI is InChI=1S/C23H31NO4/c1-5-18(16-24(6-2)7-3)17-27-21-10-8-19(9-11-21)23(25)28-22-14-12-20(26-4)13-15-22/h8-15,18H,5-7,16-17H2,1-4H3. The molecule has 0 aliphatic carbocycles. The van der Waals surface area contributed by atoms with Crippen LogP contribution in [0.15, 0.2) is 48.5 Å². The van der Waals surface area contributed by atoms with Crippen LogP contribution in [0, 0.1) is 5.92 Å². The van der Waals surface area contributed by atoms with Crippen LogP contribution in [0.1, 0.15) is 37.6 Å². The monoisotopic (exact) mass is 385 g/mol. The van der Waals surface area contributed by atoms with Crippen LogP contribution in [0.3, 0.4) is 0 Å². The Kier molecular flexibility index (Phi) is 8.82. The number of methoxy groups -OCH3 is 1. The quantitative estimate of drug-likeness (QED) is 0.416. The Balaban J connectivity index is 1.88. The molecule has 5 heteroatoms. The first kappa shape index (κ1) is 21.8. The van der Waals surface area contributed by atoms with Crippen molar-refractivity contribution in [1.29, 1.82) is 0 Å². The zero-order valence-electron chi connectivity index (χ0n) is 17.3. The van der Waals surface area contributed by atoms with Crippen LogP contribution in [-0.4, -0.2) is 44.2 Å². The van der Waals surface area contributed by atoms with Gasteiger partial charge in [0.05, 0.1) is 19.3 Å². The smallest absolute Gasteiger partial charge is 0.343 e. The molecular weight excluding hydrogens is 354 g/mol. The van der Waals surface area contributed by atoms with Gasteiger partial charge in [-0.1, -0.05) is 20.8 Å². The van der Waals surface area contributed by atoms with Gasteiger partial charge in [0.15, 0.2) is 0 Å². The third kappa shape index (κ3) is 6.57. The number of hydrogen-bond acceptors (Lipinski definition) is 5. The molecule has 28 heavy (non-hydrogen) atoms. The lowest BCUT2D eigenvalue weighted by atomic mass is 10.1. The number of benzene rings is 2. The second-order valence-electron chi connectivity index (χ2n) is 6.66. The highest BCUT2D eigenvalue weighted by atomic mass is 16.5.